The molecule has 100 valence electrons. The molecule has 0 N–H and O–H groups in total. The lowest BCUT2D eigenvalue weighted by molar-refractivity contribution is -0.0433. The molecule has 2 rings (SSSR count). The molecule has 0 radical (unpaired) electrons. The molecule has 0 spiro atoms. The van der Waals surface area contributed by atoms with Crippen LogP contribution in [0.25, 0.3) is 0 Å². The molecule has 2 saturated heterocycles. The lowest BCUT2D eigenvalue weighted by Crippen LogP contribution is -2.61. The molecule has 0 bridgehead atoms. The molecule has 2 heterocycles. The first-order valence-electron chi connectivity index (χ1n) is 6.72. The summed E-state index contributed by atoms with van der Waals surface area (Å²) in [7, 11) is 0. The molecule has 1 atom stereocenters. The highest BCUT2D eigenvalue weighted by atomic mass is 19.1. The van der Waals surface area contributed by atoms with Gasteiger partial charge in [-0.05, 0) is 48.0 Å². The average Bonchev–Trinajstić information content (AvgIpc) is 2.35. The fourth-order valence-electron chi connectivity index (χ4n) is 3.69. The maximum absolute atomic E-state index is 13.6. The van der Waals surface area contributed by atoms with Crippen molar-refractivity contribution < 1.29 is 4.39 Å². The standard InChI is InChI=1S/C14H27FN2/c1-12(2,3)17-8-11(7-13(17,4)5)16-9-14(6,15)10-16/h11H,7-10H2,1-6H3/t11-/m1/s1. The van der Waals surface area contributed by atoms with E-state index >= 15 is 0 Å². The van der Waals surface area contributed by atoms with Crippen LogP contribution in [0.15, 0.2) is 0 Å². The Balaban J connectivity index is 2.02. The summed E-state index contributed by atoms with van der Waals surface area (Å²) in [4.78, 5) is 4.88. The van der Waals surface area contributed by atoms with Crippen LogP contribution in [-0.4, -0.2) is 52.2 Å². The summed E-state index contributed by atoms with van der Waals surface area (Å²) in [5, 5.41) is 0. The Hall–Kier alpha value is -0.150. The van der Waals surface area contributed by atoms with Gasteiger partial charge in [-0.1, -0.05) is 0 Å². The van der Waals surface area contributed by atoms with Gasteiger partial charge in [-0.2, -0.15) is 0 Å². The highest BCUT2D eigenvalue weighted by Gasteiger charge is 2.50. The zero-order valence-electron chi connectivity index (χ0n) is 12.2. The molecule has 0 aliphatic carbocycles. The highest BCUT2D eigenvalue weighted by Crippen LogP contribution is 2.39. The van der Waals surface area contributed by atoms with Crippen LogP contribution in [0.5, 0.6) is 0 Å². The smallest absolute Gasteiger partial charge is 0.133 e. The van der Waals surface area contributed by atoms with Crippen molar-refractivity contribution in [1.29, 1.82) is 0 Å². The van der Waals surface area contributed by atoms with Crippen LogP contribution >= 0.6 is 0 Å². The fraction of sp³-hybridized carbons (Fsp3) is 1.00. The van der Waals surface area contributed by atoms with Crippen molar-refractivity contribution in [3.63, 3.8) is 0 Å². The summed E-state index contributed by atoms with van der Waals surface area (Å²) in [5.41, 5.74) is -0.521. The number of hydrogen-bond acceptors (Lipinski definition) is 2. The zero-order chi connectivity index (χ0) is 13.1. The van der Waals surface area contributed by atoms with E-state index in [0.717, 1.165) is 13.0 Å². The molecule has 0 aromatic carbocycles. The molecule has 2 aliphatic heterocycles. The first-order chi connectivity index (χ1) is 7.51. The van der Waals surface area contributed by atoms with Crippen LogP contribution in [0.4, 0.5) is 4.39 Å². The summed E-state index contributed by atoms with van der Waals surface area (Å²) in [5.74, 6) is 0. The van der Waals surface area contributed by atoms with E-state index in [1.54, 1.807) is 6.92 Å². The first-order valence-corrected chi connectivity index (χ1v) is 6.72. The fourth-order valence-corrected chi connectivity index (χ4v) is 3.69. The lowest BCUT2D eigenvalue weighted by atomic mass is 9.92. The van der Waals surface area contributed by atoms with Crippen LogP contribution in [0.1, 0.15) is 48.0 Å². The van der Waals surface area contributed by atoms with Crippen molar-refractivity contribution >= 4 is 0 Å². The number of halogens is 1. The molecule has 0 aromatic rings. The quantitative estimate of drug-likeness (QED) is 0.697. The second-order valence-electron chi connectivity index (χ2n) is 7.77. The molecule has 0 unspecified atom stereocenters. The molecule has 2 aliphatic rings. The molecule has 0 aromatic heterocycles. The van der Waals surface area contributed by atoms with E-state index in [1.807, 2.05) is 0 Å². The van der Waals surface area contributed by atoms with E-state index in [4.69, 9.17) is 0 Å². The predicted molar refractivity (Wildman–Crippen MR) is 70.0 cm³/mol. The molecule has 0 amide bonds. The maximum atomic E-state index is 13.6. The van der Waals surface area contributed by atoms with Crippen molar-refractivity contribution in [1.82, 2.24) is 9.80 Å². The zero-order valence-corrected chi connectivity index (χ0v) is 12.2. The highest BCUT2D eigenvalue weighted by molar-refractivity contribution is 5.05. The second kappa shape index (κ2) is 3.67. The number of likely N-dealkylation sites (tertiary alicyclic amines) is 2. The Bertz CT molecular complexity index is 296. The van der Waals surface area contributed by atoms with Crippen molar-refractivity contribution in [2.24, 2.45) is 0 Å². The van der Waals surface area contributed by atoms with Gasteiger partial charge in [0.05, 0.1) is 0 Å². The third-order valence-corrected chi connectivity index (χ3v) is 4.25. The Kier molecular flexibility index (Phi) is 2.87. The number of rotatable bonds is 1. The molecular formula is C14H27FN2. The third-order valence-electron chi connectivity index (χ3n) is 4.25. The van der Waals surface area contributed by atoms with Crippen molar-refractivity contribution in [3.8, 4) is 0 Å². The van der Waals surface area contributed by atoms with Crippen LogP contribution < -0.4 is 0 Å². The SMILES string of the molecule is CC1(F)CN([C@H]2CN(C(C)(C)C)C(C)(C)C2)C1. The van der Waals surface area contributed by atoms with Gasteiger partial charge in [0.25, 0.3) is 0 Å². The molecule has 3 heteroatoms. The summed E-state index contributed by atoms with van der Waals surface area (Å²) in [6.45, 7) is 15.5. The van der Waals surface area contributed by atoms with E-state index in [-0.39, 0.29) is 11.1 Å². The second-order valence-corrected chi connectivity index (χ2v) is 7.77. The molecule has 0 saturated carbocycles. The minimum atomic E-state index is -0.945. The van der Waals surface area contributed by atoms with Gasteiger partial charge in [0, 0.05) is 36.8 Å². The minimum Gasteiger partial charge on any atom is -0.293 e. The van der Waals surface area contributed by atoms with E-state index in [1.165, 1.54) is 0 Å². The van der Waals surface area contributed by atoms with E-state index in [0.29, 0.717) is 19.1 Å². The molecule has 2 nitrogen and oxygen atoms in total. The van der Waals surface area contributed by atoms with E-state index in [2.05, 4.69) is 44.4 Å². The number of alkyl halides is 1. The minimum absolute atomic E-state index is 0.197. The Morgan fingerprint density at radius 2 is 1.65 bits per heavy atom. The van der Waals surface area contributed by atoms with Crippen molar-refractivity contribution in [3.05, 3.63) is 0 Å². The van der Waals surface area contributed by atoms with Crippen molar-refractivity contribution in [2.75, 3.05) is 19.6 Å². The molecule has 17 heavy (non-hydrogen) atoms. The first kappa shape index (κ1) is 13.3. The summed E-state index contributed by atoms with van der Waals surface area (Å²) < 4.78 is 13.6. The average molecular weight is 242 g/mol. The Labute approximate surface area is 105 Å². The van der Waals surface area contributed by atoms with Gasteiger partial charge in [-0.15, -0.1) is 0 Å². The van der Waals surface area contributed by atoms with Gasteiger partial charge < -0.3 is 0 Å². The van der Waals surface area contributed by atoms with Gasteiger partial charge in [-0.25, -0.2) is 4.39 Å². The van der Waals surface area contributed by atoms with Crippen molar-refractivity contribution in [2.45, 2.75) is 70.8 Å². The Morgan fingerprint density at radius 3 is 2.00 bits per heavy atom. The van der Waals surface area contributed by atoms with Gasteiger partial charge in [0.2, 0.25) is 0 Å². The summed E-state index contributed by atoms with van der Waals surface area (Å²) in [6.07, 6.45) is 1.15. The van der Waals surface area contributed by atoms with E-state index < -0.39 is 5.67 Å². The topological polar surface area (TPSA) is 6.48 Å². The lowest BCUT2D eigenvalue weighted by Gasteiger charge is -2.46. The molecular weight excluding hydrogens is 215 g/mol. The third kappa shape index (κ3) is 2.50. The molecule has 2 fully saturated rings. The number of nitrogens with zero attached hydrogens (tertiary/aromatic N) is 2. The van der Waals surface area contributed by atoms with E-state index in [9.17, 15) is 4.39 Å². The van der Waals surface area contributed by atoms with Crippen LogP contribution in [-0.2, 0) is 0 Å². The van der Waals surface area contributed by atoms with Gasteiger partial charge in [0.1, 0.15) is 5.67 Å². The predicted octanol–water partition coefficient (Wildman–Crippen LogP) is 2.68. The van der Waals surface area contributed by atoms with Gasteiger partial charge >= 0.3 is 0 Å². The monoisotopic (exact) mass is 242 g/mol. The Morgan fingerprint density at radius 1 is 1.12 bits per heavy atom. The van der Waals surface area contributed by atoms with Gasteiger partial charge in [-0.3, -0.25) is 9.80 Å². The normalized spacial score (nSPS) is 33.7. The largest absolute Gasteiger partial charge is 0.293 e. The van der Waals surface area contributed by atoms with Crippen LogP contribution in [0, 0.1) is 0 Å². The maximum Gasteiger partial charge on any atom is 0.133 e. The van der Waals surface area contributed by atoms with Crippen LogP contribution in [0.3, 0.4) is 0 Å². The summed E-state index contributed by atoms with van der Waals surface area (Å²) >= 11 is 0. The van der Waals surface area contributed by atoms with Gasteiger partial charge in [0.15, 0.2) is 0 Å². The number of hydrogen-bond donors (Lipinski definition) is 0. The summed E-state index contributed by atoms with van der Waals surface area (Å²) in [6, 6.07) is 0.535. The van der Waals surface area contributed by atoms with Crippen LogP contribution in [0.2, 0.25) is 0 Å².